The molecular weight excluding hydrogens is 476 g/mol. The molecule has 0 aliphatic heterocycles. The molecule has 0 bridgehead atoms. The van der Waals surface area contributed by atoms with Gasteiger partial charge in [-0.1, -0.05) is 0 Å². The van der Waals surface area contributed by atoms with Crippen molar-refractivity contribution in [3.8, 4) is 11.8 Å². The molecule has 2 aromatic rings. The number of carbonyl (C=O) groups is 2. The molecule has 0 fully saturated rings. The molecule has 0 radical (unpaired) electrons. The molecule has 0 spiro atoms. The number of aromatic nitrogens is 4. The molecule has 10 nitrogen and oxygen atoms in total. The van der Waals surface area contributed by atoms with E-state index in [0.717, 1.165) is 0 Å². The number of aromatic hydroxyl groups is 2. The Morgan fingerprint density at radius 2 is 1.00 bits per heavy atom. The van der Waals surface area contributed by atoms with E-state index in [0.29, 0.717) is 70.9 Å². The summed E-state index contributed by atoms with van der Waals surface area (Å²) in [6, 6.07) is 0. The number of aryl methyl sites for hydroxylation is 2. The van der Waals surface area contributed by atoms with Crippen LogP contribution in [0.15, 0.2) is 22.0 Å². The SMILES string of the molecule is CCn1cc(O)n(C(C)(C)CCCC(=O)CCCC(=O)CCCC(C)(C)n2c(O)cn(CC)c2=O)c1=O. The lowest BCUT2D eigenvalue weighted by Crippen LogP contribution is -2.37. The predicted molar refractivity (Wildman–Crippen MR) is 142 cm³/mol. The minimum absolute atomic E-state index is 0.0756. The van der Waals surface area contributed by atoms with E-state index in [1.165, 1.54) is 30.7 Å². The van der Waals surface area contributed by atoms with E-state index in [1.807, 2.05) is 41.5 Å². The van der Waals surface area contributed by atoms with Crippen molar-refractivity contribution in [3.63, 3.8) is 0 Å². The zero-order valence-electron chi connectivity index (χ0n) is 23.2. The molecule has 0 amide bonds. The lowest BCUT2D eigenvalue weighted by atomic mass is 9.94. The highest BCUT2D eigenvalue weighted by Crippen LogP contribution is 2.27. The van der Waals surface area contributed by atoms with Crippen LogP contribution in [0.1, 0.15) is 99.3 Å². The molecule has 2 aromatic heterocycles. The highest BCUT2D eigenvalue weighted by atomic mass is 16.3. The highest BCUT2D eigenvalue weighted by Gasteiger charge is 2.28. The summed E-state index contributed by atoms with van der Waals surface area (Å²) in [6.45, 7) is 12.1. The third kappa shape index (κ3) is 7.49. The first-order valence-electron chi connectivity index (χ1n) is 13.3. The van der Waals surface area contributed by atoms with Crippen molar-refractivity contribution >= 4 is 11.6 Å². The van der Waals surface area contributed by atoms with Crippen LogP contribution >= 0.6 is 0 Å². The Morgan fingerprint density at radius 3 is 1.30 bits per heavy atom. The quantitative estimate of drug-likeness (QED) is 0.346. The second kappa shape index (κ2) is 12.5. The second-order valence-corrected chi connectivity index (χ2v) is 11.0. The Hall–Kier alpha value is -3.04. The fourth-order valence-corrected chi connectivity index (χ4v) is 4.94. The molecule has 0 aromatic carbocycles. The number of imidazole rings is 2. The zero-order valence-corrected chi connectivity index (χ0v) is 23.2. The minimum Gasteiger partial charge on any atom is -0.493 e. The lowest BCUT2D eigenvalue weighted by molar-refractivity contribution is -0.120. The molecule has 2 N–H and O–H groups in total. The van der Waals surface area contributed by atoms with E-state index in [4.69, 9.17) is 0 Å². The van der Waals surface area contributed by atoms with E-state index in [-0.39, 0.29) is 34.7 Å². The Kier molecular flexibility index (Phi) is 10.2. The molecule has 10 heteroatoms. The smallest absolute Gasteiger partial charge is 0.331 e. The molecule has 0 saturated heterocycles. The Labute approximate surface area is 218 Å². The van der Waals surface area contributed by atoms with Gasteiger partial charge in [0.2, 0.25) is 11.8 Å². The van der Waals surface area contributed by atoms with Crippen LogP contribution in [0.2, 0.25) is 0 Å². The number of carbonyl (C=O) groups excluding carboxylic acids is 2. The summed E-state index contributed by atoms with van der Waals surface area (Å²) in [7, 11) is 0. The number of rotatable bonds is 16. The summed E-state index contributed by atoms with van der Waals surface area (Å²) in [4.78, 5) is 49.6. The van der Waals surface area contributed by atoms with Gasteiger partial charge in [-0.05, 0) is 73.6 Å². The van der Waals surface area contributed by atoms with E-state index < -0.39 is 11.1 Å². The molecule has 0 atom stereocenters. The van der Waals surface area contributed by atoms with Crippen molar-refractivity contribution < 1.29 is 19.8 Å². The first kappa shape index (κ1) is 30.2. The van der Waals surface area contributed by atoms with E-state index in [2.05, 4.69) is 0 Å². The van der Waals surface area contributed by atoms with Crippen molar-refractivity contribution in [1.82, 2.24) is 18.3 Å². The minimum atomic E-state index is -0.618. The van der Waals surface area contributed by atoms with Crippen LogP contribution in [0.3, 0.4) is 0 Å². The summed E-state index contributed by atoms with van der Waals surface area (Å²) >= 11 is 0. The van der Waals surface area contributed by atoms with Crippen molar-refractivity contribution in [1.29, 1.82) is 0 Å². The molecule has 208 valence electrons. The summed E-state index contributed by atoms with van der Waals surface area (Å²) in [5, 5.41) is 20.3. The largest absolute Gasteiger partial charge is 0.493 e. The zero-order chi connectivity index (χ0) is 28.0. The number of Topliss-reactive ketones (excluding diaryl/α,β-unsaturated/α-hetero) is 2. The topological polar surface area (TPSA) is 128 Å². The second-order valence-electron chi connectivity index (χ2n) is 11.0. The lowest BCUT2D eigenvalue weighted by Gasteiger charge is -2.26. The van der Waals surface area contributed by atoms with Crippen molar-refractivity contribution in [3.05, 3.63) is 33.4 Å². The number of ketones is 2. The summed E-state index contributed by atoms with van der Waals surface area (Å²) in [5.41, 5.74) is -1.76. The highest BCUT2D eigenvalue weighted by molar-refractivity contribution is 5.81. The van der Waals surface area contributed by atoms with Gasteiger partial charge in [-0.25, -0.2) is 9.59 Å². The van der Waals surface area contributed by atoms with Crippen LogP contribution in [0.4, 0.5) is 0 Å². The van der Waals surface area contributed by atoms with Crippen molar-refractivity contribution in [2.24, 2.45) is 0 Å². The first-order valence-corrected chi connectivity index (χ1v) is 13.3. The number of hydrogen-bond donors (Lipinski definition) is 2. The monoisotopic (exact) mass is 520 g/mol. The molecule has 0 aliphatic carbocycles. The maximum atomic E-state index is 12.5. The van der Waals surface area contributed by atoms with Crippen LogP contribution in [0.25, 0.3) is 0 Å². The van der Waals surface area contributed by atoms with Gasteiger partial charge in [0.25, 0.3) is 0 Å². The van der Waals surface area contributed by atoms with Gasteiger partial charge >= 0.3 is 11.4 Å². The average molecular weight is 521 g/mol. The van der Waals surface area contributed by atoms with Gasteiger partial charge in [0, 0.05) is 49.9 Å². The Morgan fingerprint density at radius 1 is 0.676 bits per heavy atom. The van der Waals surface area contributed by atoms with Crippen LogP contribution in [0, 0.1) is 0 Å². The van der Waals surface area contributed by atoms with Gasteiger partial charge in [0.05, 0.1) is 12.4 Å². The van der Waals surface area contributed by atoms with Gasteiger partial charge in [0.1, 0.15) is 11.6 Å². The first-order chi connectivity index (χ1) is 17.2. The predicted octanol–water partition coefficient (Wildman–Crippen LogP) is 3.88. The molecule has 0 aliphatic rings. The maximum absolute atomic E-state index is 12.5. The number of hydrogen-bond acceptors (Lipinski definition) is 6. The standard InChI is InChI=1S/C27H44N4O6/c1-7-28-18-22(34)30(24(28)36)26(3,4)16-10-14-20(32)12-9-13-21(33)15-11-17-27(5,6)31-23(35)19-29(8-2)25(31)37/h18-19,34-35H,7-17H2,1-6H3. The third-order valence-corrected chi connectivity index (χ3v) is 7.17. The fourth-order valence-electron chi connectivity index (χ4n) is 4.94. The Balaban J connectivity index is 1.72. The molecule has 2 rings (SSSR count). The average Bonchev–Trinajstić information content (AvgIpc) is 3.27. The van der Waals surface area contributed by atoms with Crippen molar-refractivity contribution in [2.45, 2.75) is 123 Å². The van der Waals surface area contributed by atoms with E-state index in [1.54, 1.807) is 0 Å². The third-order valence-electron chi connectivity index (χ3n) is 7.17. The normalized spacial score (nSPS) is 12.3. The van der Waals surface area contributed by atoms with Crippen LogP contribution in [-0.4, -0.2) is 40.0 Å². The Bertz CT molecular complexity index is 1100. The van der Waals surface area contributed by atoms with Gasteiger partial charge in [-0.2, -0.15) is 0 Å². The molecule has 0 unspecified atom stereocenters. The van der Waals surface area contributed by atoms with Crippen LogP contribution in [0.5, 0.6) is 11.8 Å². The van der Waals surface area contributed by atoms with Gasteiger partial charge in [0.15, 0.2) is 0 Å². The van der Waals surface area contributed by atoms with E-state index >= 15 is 0 Å². The molecule has 2 heterocycles. The summed E-state index contributed by atoms with van der Waals surface area (Å²) in [5.74, 6) is 0.0204. The molecule has 37 heavy (non-hydrogen) atoms. The van der Waals surface area contributed by atoms with Gasteiger partial charge in [-0.15, -0.1) is 0 Å². The maximum Gasteiger partial charge on any atom is 0.331 e. The van der Waals surface area contributed by atoms with Crippen LogP contribution in [-0.2, 0) is 33.8 Å². The fraction of sp³-hybridized carbons (Fsp3) is 0.704. The van der Waals surface area contributed by atoms with Crippen molar-refractivity contribution in [2.75, 3.05) is 0 Å². The molecular formula is C27H44N4O6. The number of nitrogens with zero attached hydrogens (tertiary/aromatic N) is 4. The van der Waals surface area contributed by atoms with Crippen LogP contribution < -0.4 is 11.4 Å². The van der Waals surface area contributed by atoms with Gasteiger partial charge < -0.3 is 10.2 Å². The summed E-state index contributed by atoms with van der Waals surface area (Å²) in [6.07, 6.45) is 7.07. The summed E-state index contributed by atoms with van der Waals surface area (Å²) < 4.78 is 5.65. The van der Waals surface area contributed by atoms with Gasteiger partial charge in [-0.3, -0.25) is 27.9 Å². The van der Waals surface area contributed by atoms with E-state index in [9.17, 15) is 29.4 Å². The molecule has 0 saturated carbocycles.